The fourth-order valence-electron chi connectivity index (χ4n) is 2.20. The van der Waals surface area contributed by atoms with Gasteiger partial charge in [-0.15, -0.1) is 0 Å². The maximum absolute atomic E-state index is 11.7. The van der Waals surface area contributed by atoms with E-state index in [0.717, 1.165) is 13.0 Å². The van der Waals surface area contributed by atoms with E-state index in [4.69, 9.17) is 4.74 Å². The molecule has 0 radical (unpaired) electrons. The van der Waals surface area contributed by atoms with Gasteiger partial charge in [0.1, 0.15) is 0 Å². The maximum atomic E-state index is 11.7. The van der Waals surface area contributed by atoms with E-state index in [0.29, 0.717) is 18.8 Å². The number of methoxy groups -OCH3 is 1. The zero-order valence-electron chi connectivity index (χ0n) is 8.27. The molecule has 0 bridgehead atoms. The molecule has 0 aliphatic carbocycles. The van der Waals surface area contributed by atoms with Crippen LogP contribution in [0.4, 0.5) is 0 Å². The highest BCUT2D eigenvalue weighted by Crippen LogP contribution is 2.21. The smallest absolute Gasteiger partial charge is 0.214 e. The van der Waals surface area contributed by atoms with E-state index >= 15 is 0 Å². The molecule has 0 aromatic rings. The van der Waals surface area contributed by atoms with Crippen molar-refractivity contribution < 1.29 is 13.2 Å². The summed E-state index contributed by atoms with van der Waals surface area (Å²) in [5.41, 5.74) is 0. The first-order chi connectivity index (χ1) is 6.65. The van der Waals surface area contributed by atoms with Crippen LogP contribution in [0.5, 0.6) is 0 Å². The Bertz CT molecular complexity index is 304. The Balaban J connectivity index is 2.14. The molecule has 2 heterocycles. The SMILES string of the molecule is COC1CNCC1N1CCCS1(=O)=O. The van der Waals surface area contributed by atoms with Crippen molar-refractivity contribution in [1.82, 2.24) is 9.62 Å². The topological polar surface area (TPSA) is 58.6 Å². The fourth-order valence-corrected chi connectivity index (χ4v) is 3.96. The molecule has 2 atom stereocenters. The lowest BCUT2D eigenvalue weighted by atomic mass is 10.2. The second-order valence-corrected chi connectivity index (χ2v) is 5.82. The van der Waals surface area contributed by atoms with E-state index in [1.807, 2.05) is 0 Å². The zero-order valence-corrected chi connectivity index (χ0v) is 9.09. The van der Waals surface area contributed by atoms with Crippen molar-refractivity contribution in [1.29, 1.82) is 0 Å². The van der Waals surface area contributed by atoms with Gasteiger partial charge in [-0.05, 0) is 6.42 Å². The summed E-state index contributed by atoms with van der Waals surface area (Å²) in [6, 6.07) is -0.00694. The summed E-state index contributed by atoms with van der Waals surface area (Å²) >= 11 is 0. The van der Waals surface area contributed by atoms with Gasteiger partial charge in [0.05, 0.1) is 17.9 Å². The van der Waals surface area contributed by atoms with Crippen LogP contribution in [0, 0.1) is 0 Å². The minimum atomic E-state index is -3.00. The van der Waals surface area contributed by atoms with E-state index in [1.165, 1.54) is 0 Å². The van der Waals surface area contributed by atoms with Gasteiger partial charge in [-0.1, -0.05) is 0 Å². The normalized spacial score (nSPS) is 37.8. The van der Waals surface area contributed by atoms with Gasteiger partial charge >= 0.3 is 0 Å². The molecule has 0 spiro atoms. The molecule has 82 valence electrons. The lowest BCUT2D eigenvalue weighted by Gasteiger charge is -2.25. The van der Waals surface area contributed by atoms with Crippen LogP contribution in [0.2, 0.25) is 0 Å². The second-order valence-electron chi connectivity index (χ2n) is 3.78. The minimum absolute atomic E-state index is 0.00266. The monoisotopic (exact) mass is 220 g/mol. The van der Waals surface area contributed by atoms with Crippen molar-refractivity contribution in [3.05, 3.63) is 0 Å². The molecule has 2 aliphatic rings. The number of ether oxygens (including phenoxy) is 1. The van der Waals surface area contributed by atoms with E-state index in [1.54, 1.807) is 11.4 Å². The first kappa shape index (κ1) is 10.4. The van der Waals surface area contributed by atoms with Gasteiger partial charge < -0.3 is 10.1 Å². The predicted octanol–water partition coefficient (Wildman–Crippen LogP) is -0.991. The third-order valence-electron chi connectivity index (χ3n) is 2.94. The number of rotatable bonds is 2. The van der Waals surface area contributed by atoms with Crippen molar-refractivity contribution in [2.24, 2.45) is 0 Å². The van der Waals surface area contributed by atoms with Gasteiger partial charge in [0, 0.05) is 26.7 Å². The summed E-state index contributed by atoms with van der Waals surface area (Å²) in [5, 5.41) is 3.16. The fraction of sp³-hybridized carbons (Fsp3) is 1.00. The van der Waals surface area contributed by atoms with E-state index < -0.39 is 10.0 Å². The molecule has 5 nitrogen and oxygen atoms in total. The zero-order chi connectivity index (χ0) is 10.2. The summed E-state index contributed by atoms with van der Waals surface area (Å²) in [6.45, 7) is 2.10. The average Bonchev–Trinajstić information content (AvgIpc) is 2.69. The molecule has 2 rings (SSSR count). The van der Waals surface area contributed by atoms with Crippen molar-refractivity contribution in [3.63, 3.8) is 0 Å². The molecule has 0 saturated carbocycles. The van der Waals surface area contributed by atoms with Gasteiger partial charge in [0.25, 0.3) is 0 Å². The molecular weight excluding hydrogens is 204 g/mol. The lowest BCUT2D eigenvalue weighted by molar-refractivity contribution is 0.0748. The standard InChI is InChI=1S/C8H16N2O3S/c1-13-8-6-9-5-7(8)10-3-2-4-14(10,11)12/h7-9H,2-6H2,1H3. The second kappa shape index (κ2) is 3.77. The highest BCUT2D eigenvalue weighted by molar-refractivity contribution is 7.89. The molecule has 2 unspecified atom stereocenters. The Labute approximate surface area is 84.5 Å². The summed E-state index contributed by atoms with van der Waals surface area (Å²) in [5.74, 6) is 0.292. The molecule has 2 saturated heterocycles. The van der Waals surface area contributed by atoms with Crippen LogP contribution in [0.15, 0.2) is 0 Å². The van der Waals surface area contributed by atoms with Crippen LogP contribution >= 0.6 is 0 Å². The van der Waals surface area contributed by atoms with Gasteiger partial charge in [-0.25, -0.2) is 8.42 Å². The third-order valence-corrected chi connectivity index (χ3v) is 4.91. The molecule has 2 aliphatic heterocycles. The largest absolute Gasteiger partial charge is 0.378 e. The van der Waals surface area contributed by atoms with Crippen LogP contribution in [-0.4, -0.2) is 57.4 Å². The van der Waals surface area contributed by atoms with Gasteiger partial charge in [-0.2, -0.15) is 4.31 Å². The molecule has 2 fully saturated rings. The van der Waals surface area contributed by atoms with Crippen LogP contribution in [0.1, 0.15) is 6.42 Å². The first-order valence-corrected chi connectivity index (χ1v) is 6.49. The van der Waals surface area contributed by atoms with Gasteiger partial charge in [-0.3, -0.25) is 0 Å². The van der Waals surface area contributed by atoms with Crippen LogP contribution in [-0.2, 0) is 14.8 Å². The maximum Gasteiger partial charge on any atom is 0.214 e. The van der Waals surface area contributed by atoms with E-state index in [9.17, 15) is 8.42 Å². The Morgan fingerprint density at radius 1 is 1.43 bits per heavy atom. The van der Waals surface area contributed by atoms with Crippen molar-refractivity contribution in [3.8, 4) is 0 Å². The highest BCUT2D eigenvalue weighted by atomic mass is 32.2. The molecule has 0 amide bonds. The molecule has 14 heavy (non-hydrogen) atoms. The quantitative estimate of drug-likeness (QED) is 0.649. The number of nitrogens with one attached hydrogen (secondary N) is 1. The molecule has 6 heteroatoms. The lowest BCUT2D eigenvalue weighted by Crippen LogP contribution is -2.44. The number of hydrogen-bond acceptors (Lipinski definition) is 4. The number of hydrogen-bond donors (Lipinski definition) is 1. The third kappa shape index (κ3) is 1.67. The average molecular weight is 220 g/mol. The summed E-state index contributed by atoms with van der Waals surface area (Å²) < 4.78 is 30.2. The molecule has 0 aromatic heterocycles. The minimum Gasteiger partial charge on any atom is -0.378 e. The molecular formula is C8H16N2O3S. The number of sulfonamides is 1. The van der Waals surface area contributed by atoms with Crippen LogP contribution in [0.25, 0.3) is 0 Å². The molecule has 1 N–H and O–H groups in total. The Kier molecular flexibility index (Phi) is 2.79. The number of nitrogens with zero attached hydrogens (tertiary/aromatic N) is 1. The Morgan fingerprint density at radius 2 is 2.21 bits per heavy atom. The summed E-state index contributed by atoms with van der Waals surface area (Å²) in [7, 11) is -1.37. The van der Waals surface area contributed by atoms with Crippen molar-refractivity contribution in [2.45, 2.75) is 18.6 Å². The van der Waals surface area contributed by atoms with Crippen molar-refractivity contribution in [2.75, 3.05) is 32.5 Å². The van der Waals surface area contributed by atoms with E-state index in [-0.39, 0.29) is 12.1 Å². The van der Waals surface area contributed by atoms with Crippen LogP contribution < -0.4 is 5.32 Å². The van der Waals surface area contributed by atoms with Crippen LogP contribution in [0.3, 0.4) is 0 Å². The Hall–Kier alpha value is -0.170. The molecule has 0 aromatic carbocycles. The summed E-state index contributed by atoms with van der Waals surface area (Å²) in [6.07, 6.45) is 0.748. The summed E-state index contributed by atoms with van der Waals surface area (Å²) in [4.78, 5) is 0. The highest BCUT2D eigenvalue weighted by Gasteiger charge is 2.40. The van der Waals surface area contributed by atoms with Gasteiger partial charge in [0.2, 0.25) is 10.0 Å². The van der Waals surface area contributed by atoms with Gasteiger partial charge in [0.15, 0.2) is 0 Å². The van der Waals surface area contributed by atoms with E-state index in [2.05, 4.69) is 5.32 Å². The predicted molar refractivity (Wildman–Crippen MR) is 52.6 cm³/mol. The van der Waals surface area contributed by atoms with Crippen molar-refractivity contribution >= 4 is 10.0 Å². The Morgan fingerprint density at radius 3 is 2.79 bits per heavy atom. The first-order valence-electron chi connectivity index (χ1n) is 4.88.